The summed E-state index contributed by atoms with van der Waals surface area (Å²) >= 11 is 0. The van der Waals surface area contributed by atoms with Crippen LogP contribution in [0.5, 0.6) is 0 Å². The van der Waals surface area contributed by atoms with E-state index < -0.39 is 89.8 Å². The Labute approximate surface area is 431 Å². The molecule has 0 aliphatic carbocycles. The van der Waals surface area contributed by atoms with Crippen LogP contribution in [0.15, 0.2) is 102 Å². The van der Waals surface area contributed by atoms with E-state index in [0.29, 0.717) is 25.7 Å². The van der Waals surface area contributed by atoms with Crippen LogP contribution in [0.2, 0.25) is 0 Å². The maximum atomic E-state index is 12.9. The minimum absolute atomic E-state index is 0.00935. The van der Waals surface area contributed by atoms with Crippen molar-refractivity contribution >= 4 is 33.4 Å². The van der Waals surface area contributed by atoms with Gasteiger partial charge >= 0.3 is 33.3 Å². The number of unbranched alkanes of at least 4 members (excludes halogenated alkanes) is 11. The Kier molecular flexibility index (Phi) is 35.0. The van der Waals surface area contributed by atoms with Crippen molar-refractivity contribution in [3.05, 3.63) is 108 Å². The molecule has 1 aromatic heterocycles. The van der Waals surface area contributed by atoms with E-state index in [-0.39, 0.29) is 18.7 Å². The lowest BCUT2D eigenvalue weighted by molar-refractivity contribution is -0.161. The van der Waals surface area contributed by atoms with Gasteiger partial charge in [-0.3, -0.25) is 23.2 Å². The van der Waals surface area contributed by atoms with Gasteiger partial charge < -0.3 is 45.1 Å². The van der Waals surface area contributed by atoms with Gasteiger partial charge in [-0.1, -0.05) is 137 Å². The Bertz CT molecular complexity index is 2070. The number of hydrogen-bond donors (Lipinski definition) is 6. The lowest BCUT2D eigenvalue weighted by Gasteiger charge is -2.21. The first-order chi connectivity index (χ1) is 35.1. The van der Waals surface area contributed by atoms with Crippen molar-refractivity contribution < 1.29 is 71.4 Å². The number of rotatable bonds is 41. The van der Waals surface area contributed by atoms with Gasteiger partial charge in [0.15, 0.2) is 12.3 Å². The number of aromatic nitrogens is 2. The van der Waals surface area contributed by atoms with E-state index in [4.69, 9.17) is 29.0 Å². The summed E-state index contributed by atoms with van der Waals surface area (Å²) in [4.78, 5) is 61.9. The number of aliphatic hydroxyl groups excluding tert-OH is 3. The molecule has 1 fully saturated rings. The molecule has 2 rings (SSSR count). The second kappa shape index (κ2) is 39.3. The van der Waals surface area contributed by atoms with Crippen LogP contribution in [0.25, 0.3) is 0 Å². The summed E-state index contributed by atoms with van der Waals surface area (Å²) in [6, 6.07) is 1.24. The average molecular weight is 1070 g/mol. The molecule has 0 saturated carbocycles. The number of nitrogens with two attached hydrogens (primary N) is 1. The zero-order chi connectivity index (χ0) is 53.6. The van der Waals surface area contributed by atoms with Crippen LogP contribution in [-0.2, 0) is 46.3 Å². The van der Waals surface area contributed by atoms with Crippen LogP contribution in [0, 0.1) is 0 Å². The molecule has 0 bridgehead atoms. The number of hydrogen-bond acceptors (Lipinski definition) is 16. The number of esters is 2. The molecule has 3 unspecified atom stereocenters. The molecule has 1 aliphatic rings. The van der Waals surface area contributed by atoms with E-state index in [1.54, 1.807) is 18.2 Å². The lowest BCUT2D eigenvalue weighted by atomic mass is 10.1. The minimum Gasteiger partial charge on any atom is -0.462 e. The minimum atomic E-state index is -5.46. The molecule has 0 spiro atoms. The number of anilines is 1. The van der Waals surface area contributed by atoms with Gasteiger partial charge in [0.2, 0.25) is 0 Å². The molecule has 1 saturated heterocycles. The monoisotopic (exact) mass is 1070 g/mol. The summed E-state index contributed by atoms with van der Waals surface area (Å²) in [6.07, 6.45) is 38.3. The van der Waals surface area contributed by atoms with Crippen LogP contribution in [0.3, 0.4) is 0 Å². The van der Waals surface area contributed by atoms with Gasteiger partial charge in [0, 0.05) is 19.0 Å². The Morgan fingerprint density at radius 2 is 1.29 bits per heavy atom. The van der Waals surface area contributed by atoms with E-state index in [0.717, 1.165) is 68.6 Å². The first-order valence-corrected chi connectivity index (χ1v) is 28.7. The normalized spacial score (nSPS) is 20.1. The highest BCUT2D eigenvalue weighted by Gasteiger charge is 2.46. The molecule has 0 aromatic carbocycles. The molecule has 0 amide bonds. The summed E-state index contributed by atoms with van der Waals surface area (Å²) in [5.74, 6) is -1.47. The Morgan fingerprint density at radius 3 is 1.92 bits per heavy atom. The third-order valence-corrected chi connectivity index (χ3v) is 13.6. The topological polar surface area (TPSA) is 286 Å². The fourth-order valence-electron chi connectivity index (χ4n) is 6.98. The van der Waals surface area contributed by atoms with Gasteiger partial charge in [-0.2, -0.15) is 9.29 Å². The fraction of sp³-hybridized carbons (Fsp3) is 0.615. The Hall–Kier alpha value is -4.10. The van der Waals surface area contributed by atoms with E-state index >= 15 is 0 Å². The summed E-state index contributed by atoms with van der Waals surface area (Å²) in [5.41, 5.74) is 4.57. The summed E-state index contributed by atoms with van der Waals surface area (Å²) in [6.45, 7) is 1.92. The first-order valence-electron chi connectivity index (χ1n) is 25.7. The molecule has 7 N–H and O–H groups in total. The third kappa shape index (κ3) is 32.1. The highest BCUT2D eigenvalue weighted by Crippen LogP contribution is 2.60. The molecule has 1 aliphatic heterocycles. The highest BCUT2D eigenvalue weighted by atomic mass is 31.3. The van der Waals surface area contributed by atoms with Crippen molar-refractivity contribution in [3.63, 3.8) is 0 Å². The summed E-state index contributed by atoms with van der Waals surface area (Å²) in [7, 11) is -10.9. The molecule has 412 valence electrons. The van der Waals surface area contributed by atoms with Crippen molar-refractivity contribution in [2.24, 2.45) is 0 Å². The van der Waals surface area contributed by atoms with Gasteiger partial charge in [-0.05, 0) is 89.5 Å². The Balaban J connectivity index is 1.86. The molecular formula is C52H83N3O16P2. The molecule has 1 aromatic rings. The van der Waals surface area contributed by atoms with Crippen molar-refractivity contribution in [2.75, 3.05) is 25.6 Å². The number of carbonyl (C=O) groups excluding carboxylic acids is 2. The second-order valence-corrected chi connectivity index (χ2v) is 20.6. The zero-order valence-corrected chi connectivity index (χ0v) is 44.6. The van der Waals surface area contributed by atoms with Crippen molar-refractivity contribution in [1.29, 1.82) is 0 Å². The van der Waals surface area contributed by atoms with Crippen molar-refractivity contribution in [1.82, 2.24) is 9.55 Å². The molecule has 8 atom stereocenters. The maximum Gasteiger partial charge on any atom is 0.481 e. The fourth-order valence-corrected chi connectivity index (χ4v) is 9.09. The molecule has 19 nitrogen and oxygen atoms in total. The van der Waals surface area contributed by atoms with E-state index in [9.17, 15) is 48.6 Å². The number of phosphoric acid groups is 2. The SMILES string of the molecule is CCCCC/C=C\C/C=C\C/C=C\CCCCCCC(=O)O[C@H](COC(=O)CCC/C=C/C=C\C(O)C/C=C\C/C=C\CCCCC)COP(=O)(O)OP(=O)(O)OC[C@H]1O[C@@H](n2ccc(N)nc2=O)[C@H](O)[C@@H]1O. The molecule has 0 radical (unpaired) electrons. The van der Waals surface area contributed by atoms with E-state index in [1.807, 2.05) is 18.2 Å². The predicted octanol–water partition coefficient (Wildman–Crippen LogP) is 9.64. The van der Waals surface area contributed by atoms with Crippen LogP contribution in [0.4, 0.5) is 5.82 Å². The number of aliphatic hydroxyl groups is 3. The molecular weight excluding hydrogens is 985 g/mol. The largest absolute Gasteiger partial charge is 0.481 e. The number of allylic oxidation sites excluding steroid dienone is 12. The number of phosphoric ester groups is 2. The third-order valence-electron chi connectivity index (χ3n) is 11.0. The smallest absolute Gasteiger partial charge is 0.462 e. The van der Waals surface area contributed by atoms with Crippen LogP contribution < -0.4 is 11.4 Å². The molecule has 73 heavy (non-hydrogen) atoms. The summed E-state index contributed by atoms with van der Waals surface area (Å²) < 4.78 is 56.6. The maximum absolute atomic E-state index is 12.9. The van der Waals surface area contributed by atoms with Gasteiger partial charge in [-0.15, -0.1) is 0 Å². The van der Waals surface area contributed by atoms with E-state index in [1.165, 1.54) is 44.6 Å². The van der Waals surface area contributed by atoms with Gasteiger partial charge in [0.05, 0.1) is 19.3 Å². The summed E-state index contributed by atoms with van der Waals surface area (Å²) in [5, 5.41) is 31.1. The van der Waals surface area contributed by atoms with Crippen LogP contribution in [0.1, 0.15) is 155 Å². The van der Waals surface area contributed by atoms with Gasteiger partial charge in [0.25, 0.3) is 0 Å². The number of nitrogens with zero attached hydrogens (tertiary/aromatic N) is 2. The van der Waals surface area contributed by atoms with Gasteiger partial charge in [0.1, 0.15) is 30.7 Å². The Morgan fingerprint density at radius 1 is 0.726 bits per heavy atom. The number of ether oxygens (including phenoxy) is 3. The zero-order valence-electron chi connectivity index (χ0n) is 42.8. The standard InChI is InChI=1S/C52H83N3O16P2/c1-3-5-7-9-11-13-14-15-16-17-18-19-20-22-24-28-33-37-48(58)69-44(40-66-47(57)36-32-29-25-27-31-35-43(56)34-30-26-23-21-12-10-8-6-4-2)41-67-72(62,63)71-73(64,65)68-42-45-49(59)50(60)51(70-45)55-39-38-46(53)54-52(55)61/h11-13,15-16,18-19,21,25-27,30-31,35,38-39,43-45,49-51,56,59-60H,3-10,14,17,20,22-24,28-29,32-34,36-37,40-42H2,1-2H3,(H,62,63)(H,64,65)(H2,53,54,61)/b13-11-,16-15-,19-18-,21-12-,27-25+,30-26-,35-31-/t43?,44-,45-,49-,50-,51-/m1/s1. The predicted molar refractivity (Wildman–Crippen MR) is 281 cm³/mol. The molecule has 2 heterocycles. The molecule has 21 heteroatoms. The van der Waals surface area contributed by atoms with Crippen molar-refractivity contribution in [3.8, 4) is 0 Å². The van der Waals surface area contributed by atoms with Crippen LogP contribution in [-0.4, -0.2) is 96.9 Å². The van der Waals surface area contributed by atoms with Crippen molar-refractivity contribution in [2.45, 2.75) is 185 Å². The van der Waals surface area contributed by atoms with E-state index in [2.05, 4.69) is 71.8 Å². The van der Waals surface area contributed by atoms with Crippen LogP contribution >= 0.6 is 15.6 Å². The number of carbonyl (C=O) groups is 2. The number of nitrogen functional groups attached to an aromatic ring is 1. The quantitative estimate of drug-likeness (QED) is 0.0117. The van der Waals surface area contributed by atoms with Gasteiger partial charge in [-0.25, -0.2) is 13.9 Å². The lowest BCUT2D eigenvalue weighted by Crippen LogP contribution is -2.36. The average Bonchev–Trinajstić information content (AvgIpc) is 3.62. The second-order valence-electron chi connectivity index (χ2n) is 17.5. The first kappa shape index (κ1) is 65.0. The highest BCUT2D eigenvalue weighted by molar-refractivity contribution is 7.61.